The van der Waals surface area contributed by atoms with Crippen molar-refractivity contribution in [2.45, 2.75) is 84.9 Å². The molecule has 12 heteroatoms. The number of fused-ring (bicyclic) bond motifs is 1. The Balaban J connectivity index is 0.000000379. The highest BCUT2D eigenvalue weighted by molar-refractivity contribution is 5.92. The van der Waals surface area contributed by atoms with Gasteiger partial charge < -0.3 is 15.5 Å². The highest BCUT2D eigenvalue weighted by atomic mass is 19.3. The normalized spacial score (nSPS) is 18.4. The molecule has 0 radical (unpaired) electrons. The van der Waals surface area contributed by atoms with E-state index in [1.807, 2.05) is 19.9 Å². The van der Waals surface area contributed by atoms with Gasteiger partial charge in [-0.3, -0.25) is 9.48 Å². The van der Waals surface area contributed by atoms with E-state index in [4.69, 9.17) is 0 Å². The van der Waals surface area contributed by atoms with Crippen molar-refractivity contribution >= 4 is 17.6 Å². The Morgan fingerprint density at radius 2 is 1.92 bits per heavy atom. The fourth-order valence-corrected chi connectivity index (χ4v) is 4.79. The standard InChI is InChI=1S/C21H28N8O2.C6H10F2/c1-14(2)29-17(5-6-24-29)19(30)22-9-16-11-28-18(26-16)7-15(8-25-28)10-27-13-21(3,4)12-23-20(27)31;7-6(8)4-2-1-3-5-6/h5-8,11,14H,9-10,12-13H2,1-4H3,(H,22,30)(H,23,31);1-5H2. The first kappa shape index (κ1) is 28.4. The Hall–Kier alpha value is -3.57. The summed E-state index contributed by atoms with van der Waals surface area (Å²) in [6.07, 6.45) is 7.81. The van der Waals surface area contributed by atoms with E-state index in [2.05, 4.69) is 39.7 Å². The summed E-state index contributed by atoms with van der Waals surface area (Å²) in [6, 6.07) is 3.65. The maximum absolute atomic E-state index is 12.5. The maximum atomic E-state index is 12.5. The molecule has 0 aromatic carbocycles. The number of hydrogen-bond acceptors (Lipinski definition) is 5. The van der Waals surface area contributed by atoms with Gasteiger partial charge in [0.2, 0.25) is 5.92 Å². The van der Waals surface area contributed by atoms with E-state index in [1.54, 1.807) is 38.8 Å². The van der Waals surface area contributed by atoms with Gasteiger partial charge in [-0.1, -0.05) is 20.3 Å². The molecule has 1 aliphatic carbocycles. The van der Waals surface area contributed by atoms with Crippen LogP contribution in [0.2, 0.25) is 0 Å². The summed E-state index contributed by atoms with van der Waals surface area (Å²) in [5.41, 5.74) is 2.81. The van der Waals surface area contributed by atoms with E-state index < -0.39 is 5.92 Å². The number of carbonyl (C=O) groups excluding carboxylic acids is 2. The number of urea groups is 1. The molecule has 212 valence electrons. The zero-order chi connectivity index (χ0) is 28.2. The van der Waals surface area contributed by atoms with Crippen LogP contribution in [0, 0.1) is 5.41 Å². The van der Waals surface area contributed by atoms with E-state index in [1.165, 1.54) is 0 Å². The molecule has 1 saturated carbocycles. The lowest BCUT2D eigenvalue weighted by atomic mass is 9.91. The molecule has 2 N–H and O–H groups in total. The fraction of sp³-hybridized carbons (Fsp3) is 0.593. The van der Waals surface area contributed by atoms with Crippen molar-refractivity contribution in [1.29, 1.82) is 0 Å². The number of rotatable bonds is 6. The van der Waals surface area contributed by atoms with Crippen molar-refractivity contribution < 1.29 is 18.4 Å². The minimum Gasteiger partial charge on any atom is -0.345 e. The first-order chi connectivity index (χ1) is 18.4. The second kappa shape index (κ2) is 11.7. The lowest BCUT2D eigenvalue weighted by molar-refractivity contribution is -0.0337. The molecule has 2 aliphatic rings. The Bertz CT molecular complexity index is 1290. The number of nitrogens with zero attached hydrogens (tertiary/aromatic N) is 6. The summed E-state index contributed by atoms with van der Waals surface area (Å²) in [7, 11) is 0. The van der Waals surface area contributed by atoms with Gasteiger partial charge in [0.05, 0.1) is 24.6 Å². The van der Waals surface area contributed by atoms with Gasteiger partial charge in [0, 0.05) is 44.7 Å². The molecular weight excluding hydrogens is 506 g/mol. The summed E-state index contributed by atoms with van der Waals surface area (Å²) in [5, 5.41) is 14.4. The predicted octanol–water partition coefficient (Wildman–Crippen LogP) is 4.57. The average Bonchev–Trinajstić information content (AvgIpc) is 3.52. The molecule has 3 aromatic rings. The Labute approximate surface area is 227 Å². The van der Waals surface area contributed by atoms with Crippen LogP contribution in [0.5, 0.6) is 0 Å². The van der Waals surface area contributed by atoms with Gasteiger partial charge in [-0.25, -0.2) is 23.1 Å². The van der Waals surface area contributed by atoms with Gasteiger partial charge >= 0.3 is 6.03 Å². The fourth-order valence-electron chi connectivity index (χ4n) is 4.79. The molecule has 0 atom stereocenters. The van der Waals surface area contributed by atoms with E-state index in [0.717, 1.165) is 12.0 Å². The molecule has 0 unspecified atom stereocenters. The quantitative estimate of drug-likeness (QED) is 0.472. The van der Waals surface area contributed by atoms with Crippen molar-refractivity contribution in [3.63, 3.8) is 0 Å². The number of nitrogens with one attached hydrogen (secondary N) is 2. The van der Waals surface area contributed by atoms with Crippen LogP contribution in [0.4, 0.5) is 13.6 Å². The summed E-state index contributed by atoms with van der Waals surface area (Å²) in [5.74, 6) is -2.52. The molecule has 0 spiro atoms. The smallest absolute Gasteiger partial charge is 0.317 e. The third-order valence-corrected chi connectivity index (χ3v) is 6.83. The SMILES string of the molecule is CC(C)n1nccc1C(=O)NCc1cn2ncc(CN3CC(C)(C)CNC3=O)cc2n1.FC1(F)CCCCC1. The monoisotopic (exact) mass is 544 g/mol. The molecule has 39 heavy (non-hydrogen) atoms. The van der Waals surface area contributed by atoms with Crippen molar-refractivity contribution in [2.24, 2.45) is 5.41 Å². The van der Waals surface area contributed by atoms with Crippen LogP contribution in [-0.2, 0) is 13.1 Å². The number of carbonyl (C=O) groups is 2. The number of halogens is 2. The van der Waals surface area contributed by atoms with E-state index in [-0.39, 0.29) is 42.8 Å². The van der Waals surface area contributed by atoms with Crippen LogP contribution in [-0.4, -0.2) is 60.2 Å². The average molecular weight is 545 g/mol. The molecule has 1 aliphatic heterocycles. The van der Waals surface area contributed by atoms with E-state index in [9.17, 15) is 18.4 Å². The zero-order valence-electron chi connectivity index (χ0n) is 23.1. The van der Waals surface area contributed by atoms with Gasteiger partial charge in [0.25, 0.3) is 5.91 Å². The number of imidazole rings is 1. The second-order valence-electron chi connectivity index (χ2n) is 11.4. The predicted molar refractivity (Wildman–Crippen MR) is 142 cm³/mol. The molecular formula is C27H38F2N8O2. The summed E-state index contributed by atoms with van der Waals surface area (Å²) >= 11 is 0. The second-order valence-corrected chi connectivity index (χ2v) is 11.4. The molecule has 4 heterocycles. The highest BCUT2D eigenvalue weighted by Gasteiger charge is 2.31. The summed E-state index contributed by atoms with van der Waals surface area (Å²) in [6.45, 7) is 10.3. The minimum atomic E-state index is -2.32. The van der Waals surface area contributed by atoms with Crippen molar-refractivity contribution in [3.05, 3.63) is 47.7 Å². The lowest BCUT2D eigenvalue weighted by Gasteiger charge is -2.38. The molecule has 1 saturated heterocycles. The number of alkyl halides is 2. The Morgan fingerprint density at radius 3 is 2.59 bits per heavy atom. The Kier molecular flexibility index (Phi) is 8.51. The lowest BCUT2D eigenvalue weighted by Crippen LogP contribution is -2.54. The van der Waals surface area contributed by atoms with Crippen LogP contribution in [0.15, 0.2) is 30.7 Å². The third-order valence-electron chi connectivity index (χ3n) is 6.83. The summed E-state index contributed by atoms with van der Waals surface area (Å²) in [4.78, 5) is 31.1. The minimum absolute atomic E-state index is 0.0229. The van der Waals surface area contributed by atoms with Gasteiger partial charge in [-0.15, -0.1) is 0 Å². The zero-order valence-corrected chi connectivity index (χ0v) is 23.1. The molecule has 2 fully saturated rings. The maximum Gasteiger partial charge on any atom is 0.317 e. The van der Waals surface area contributed by atoms with Gasteiger partial charge in [-0.05, 0) is 49.8 Å². The van der Waals surface area contributed by atoms with Gasteiger partial charge in [0.15, 0.2) is 5.65 Å². The number of hydrogen-bond donors (Lipinski definition) is 2. The highest BCUT2D eigenvalue weighted by Crippen LogP contribution is 2.32. The van der Waals surface area contributed by atoms with Gasteiger partial charge in [-0.2, -0.15) is 10.2 Å². The molecule has 3 aromatic heterocycles. The van der Waals surface area contributed by atoms with Crippen LogP contribution in [0.3, 0.4) is 0 Å². The third kappa shape index (κ3) is 7.51. The number of aromatic nitrogens is 5. The van der Waals surface area contributed by atoms with E-state index in [0.29, 0.717) is 49.5 Å². The van der Waals surface area contributed by atoms with Gasteiger partial charge in [0.1, 0.15) is 5.69 Å². The summed E-state index contributed by atoms with van der Waals surface area (Å²) < 4.78 is 27.8. The van der Waals surface area contributed by atoms with E-state index >= 15 is 0 Å². The van der Waals surface area contributed by atoms with Crippen molar-refractivity contribution in [2.75, 3.05) is 13.1 Å². The first-order valence-electron chi connectivity index (χ1n) is 13.5. The molecule has 0 bridgehead atoms. The van der Waals surface area contributed by atoms with Crippen LogP contribution in [0.25, 0.3) is 5.65 Å². The topological polar surface area (TPSA) is 109 Å². The molecule has 3 amide bonds. The van der Waals surface area contributed by atoms with Crippen molar-refractivity contribution in [3.8, 4) is 0 Å². The first-order valence-corrected chi connectivity index (χ1v) is 13.5. The van der Waals surface area contributed by atoms with Crippen LogP contribution in [0.1, 0.15) is 87.6 Å². The van der Waals surface area contributed by atoms with Crippen molar-refractivity contribution in [1.82, 2.24) is 39.9 Å². The van der Waals surface area contributed by atoms with Crippen LogP contribution < -0.4 is 10.6 Å². The molecule has 10 nitrogen and oxygen atoms in total. The van der Waals surface area contributed by atoms with Crippen LogP contribution >= 0.6 is 0 Å². The molecule has 5 rings (SSSR count). The number of amides is 3. The largest absolute Gasteiger partial charge is 0.345 e. The Morgan fingerprint density at radius 1 is 1.18 bits per heavy atom.